The number of carbonyl (C=O) groups excluding carboxylic acids is 1. The predicted octanol–water partition coefficient (Wildman–Crippen LogP) is 3.37. The minimum absolute atomic E-state index is 0.250. The zero-order valence-corrected chi connectivity index (χ0v) is 10.5. The summed E-state index contributed by atoms with van der Waals surface area (Å²) < 4.78 is 27.1. The number of para-hydroxylation sites is 1. The first-order valence-corrected chi connectivity index (χ1v) is 5.74. The van der Waals surface area contributed by atoms with E-state index in [0.717, 1.165) is 12.1 Å². The first kappa shape index (κ1) is 12.6. The highest BCUT2D eigenvalue weighted by Crippen LogP contribution is 2.19. The molecule has 0 aliphatic heterocycles. The molecule has 0 fully saturated rings. The van der Waals surface area contributed by atoms with E-state index in [1.54, 1.807) is 0 Å². The monoisotopic (exact) mass is 312 g/mol. The minimum Gasteiger partial charge on any atom is -0.317 e. The third-order valence-electron chi connectivity index (χ3n) is 2.19. The van der Waals surface area contributed by atoms with E-state index in [0.29, 0.717) is 4.60 Å². The van der Waals surface area contributed by atoms with Crippen LogP contribution in [0.4, 0.5) is 14.5 Å². The number of nitrogens with zero attached hydrogens (tertiary/aromatic N) is 1. The average Bonchev–Trinajstić information content (AvgIpc) is 2.34. The van der Waals surface area contributed by atoms with Crippen molar-refractivity contribution in [3.05, 3.63) is 58.3 Å². The van der Waals surface area contributed by atoms with E-state index in [4.69, 9.17) is 0 Å². The molecule has 1 aromatic carbocycles. The topological polar surface area (TPSA) is 42.0 Å². The van der Waals surface area contributed by atoms with E-state index in [1.165, 1.54) is 24.4 Å². The molecule has 3 nitrogen and oxygen atoms in total. The molecular formula is C12H7BrF2N2O. The van der Waals surface area contributed by atoms with E-state index >= 15 is 0 Å². The number of hydrogen-bond donors (Lipinski definition) is 1. The van der Waals surface area contributed by atoms with Gasteiger partial charge >= 0.3 is 0 Å². The molecule has 0 spiro atoms. The number of rotatable bonds is 2. The highest BCUT2D eigenvalue weighted by molar-refractivity contribution is 9.10. The molecule has 2 aromatic rings. The Morgan fingerprint density at radius 1 is 1.22 bits per heavy atom. The van der Waals surface area contributed by atoms with Crippen molar-refractivity contribution in [2.75, 3.05) is 5.32 Å². The summed E-state index contributed by atoms with van der Waals surface area (Å²) in [5.74, 6) is -2.25. The van der Waals surface area contributed by atoms with Crippen molar-refractivity contribution in [3.8, 4) is 0 Å². The Bertz CT molecular complexity index is 584. The van der Waals surface area contributed by atoms with Crippen molar-refractivity contribution in [2.45, 2.75) is 0 Å². The zero-order chi connectivity index (χ0) is 13.1. The molecule has 0 unspecified atom stereocenters. The maximum absolute atomic E-state index is 13.3. The third-order valence-corrected chi connectivity index (χ3v) is 2.62. The van der Waals surface area contributed by atoms with E-state index in [9.17, 15) is 13.6 Å². The maximum Gasteiger partial charge on any atom is 0.255 e. The Morgan fingerprint density at radius 3 is 2.50 bits per heavy atom. The van der Waals surface area contributed by atoms with Crippen molar-refractivity contribution < 1.29 is 13.6 Å². The summed E-state index contributed by atoms with van der Waals surface area (Å²) in [5, 5.41) is 2.18. The molecule has 1 N–H and O–H groups in total. The molecule has 1 heterocycles. The number of aromatic nitrogens is 1. The van der Waals surface area contributed by atoms with Gasteiger partial charge in [0.25, 0.3) is 5.91 Å². The van der Waals surface area contributed by atoms with Crippen LogP contribution in [-0.2, 0) is 0 Å². The van der Waals surface area contributed by atoms with Crippen LogP contribution in [0.25, 0.3) is 0 Å². The zero-order valence-electron chi connectivity index (χ0n) is 8.95. The van der Waals surface area contributed by atoms with Gasteiger partial charge in [0, 0.05) is 11.8 Å². The van der Waals surface area contributed by atoms with E-state index < -0.39 is 23.2 Å². The minimum atomic E-state index is -0.823. The van der Waals surface area contributed by atoms with Crippen LogP contribution in [-0.4, -0.2) is 10.9 Å². The lowest BCUT2D eigenvalue weighted by Crippen LogP contribution is -2.14. The second-order valence-corrected chi connectivity index (χ2v) is 4.23. The molecule has 1 amide bonds. The molecule has 0 saturated heterocycles. The summed E-state index contributed by atoms with van der Waals surface area (Å²) in [6.45, 7) is 0. The van der Waals surface area contributed by atoms with Crippen molar-refractivity contribution in [2.24, 2.45) is 0 Å². The second kappa shape index (κ2) is 5.22. The molecule has 6 heteroatoms. The Labute approximate surface area is 110 Å². The summed E-state index contributed by atoms with van der Waals surface area (Å²) in [4.78, 5) is 15.6. The van der Waals surface area contributed by atoms with Crippen molar-refractivity contribution in [1.82, 2.24) is 4.98 Å². The van der Waals surface area contributed by atoms with Crippen LogP contribution < -0.4 is 5.32 Å². The van der Waals surface area contributed by atoms with Crippen molar-refractivity contribution >= 4 is 27.5 Å². The number of halogens is 3. The standard InChI is InChI=1S/C12H7BrF2N2O/c13-10-6-7(4-5-16-10)12(18)17-11-8(14)2-1-3-9(11)15/h1-6H,(H,17,18). The molecule has 0 saturated carbocycles. The molecule has 2 rings (SSSR count). The highest BCUT2D eigenvalue weighted by atomic mass is 79.9. The smallest absolute Gasteiger partial charge is 0.255 e. The fraction of sp³-hybridized carbons (Fsp3) is 0. The molecule has 0 atom stereocenters. The first-order valence-electron chi connectivity index (χ1n) is 4.95. The van der Waals surface area contributed by atoms with Crippen LogP contribution in [0.15, 0.2) is 41.1 Å². The second-order valence-electron chi connectivity index (χ2n) is 3.42. The molecule has 0 bridgehead atoms. The highest BCUT2D eigenvalue weighted by Gasteiger charge is 2.13. The van der Waals surface area contributed by atoms with Gasteiger partial charge in [0.2, 0.25) is 0 Å². The summed E-state index contributed by atoms with van der Waals surface area (Å²) in [5.41, 5.74) is -0.213. The van der Waals surface area contributed by atoms with Crippen LogP contribution in [0.5, 0.6) is 0 Å². The Kier molecular flexibility index (Phi) is 3.66. The maximum atomic E-state index is 13.3. The molecule has 0 radical (unpaired) electrons. The van der Waals surface area contributed by atoms with Crippen LogP contribution in [0, 0.1) is 11.6 Å². The van der Waals surface area contributed by atoms with Gasteiger partial charge in [-0.15, -0.1) is 0 Å². The van der Waals surface area contributed by atoms with Gasteiger partial charge in [-0.05, 0) is 40.2 Å². The van der Waals surface area contributed by atoms with Crippen molar-refractivity contribution in [3.63, 3.8) is 0 Å². The molecule has 0 aliphatic rings. The Morgan fingerprint density at radius 2 is 1.89 bits per heavy atom. The Balaban J connectivity index is 2.27. The summed E-state index contributed by atoms with van der Waals surface area (Å²) in [7, 11) is 0. The lowest BCUT2D eigenvalue weighted by atomic mass is 10.2. The summed E-state index contributed by atoms with van der Waals surface area (Å²) >= 11 is 3.11. The summed E-state index contributed by atoms with van der Waals surface area (Å²) in [6.07, 6.45) is 1.41. The van der Waals surface area contributed by atoms with E-state index in [-0.39, 0.29) is 5.56 Å². The van der Waals surface area contributed by atoms with E-state index in [2.05, 4.69) is 26.2 Å². The largest absolute Gasteiger partial charge is 0.317 e. The number of carbonyl (C=O) groups is 1. The van der Waals surface area contributed by atoms with Crippen LogP contribution >= 0.6 is 15.9 Å². The summed E-state index contributed by atoms with van der Waals surface area (Å²) in [6, 6.07) is 6.26. The van der Waals surface area contributed by atoms with Gasteiger partial charge in [-0.2, -0.15) is 0 Å². The Hall–Kier alpha value is -1.82. The first-order chi connectivity index (χ1) is 8.58. The molecule has 1 aromatic heterocycles. The van der Waals surface area contributed by atoms with Crippen molar-refractivity contribution in [1.29, 1.82) is 0 Å². The van der Waals surface area contributed by atoms with Gasteiger partial charge < -0.3 is 5.32 Å². The fourth-order valence-corrected chi connectivity index (χ4v) is 1.71. The van der Waals surface area contributed by atoms with Crippen LogP contribution in [0.3, 0.4) is 0 Å². The number of benzene rings is 1. The van der Waals surface area contributed by atoms with Gasteiger partial charge in [0.15, 0.2) is 0 Å². The molecule has 18 heavy (non-hydrogen) atoms. The van der Waals surface area contributed by atoms with Gasteiger partial charge in [-0.25, -0.2) is 13.8 Å². The number of hydrogen-bond acceptors (Lipinski definition) is 2. The number of nitrogens with one attached hydrogen (secondary N) is 1. The number of pyridine rings is 1. The fourth-order valence-electron chi connectivity index (χ4n) is 1.35. The predicted molar refractivity (Wildman–Crippen MR) is 66.2 cm³/mol. The normalized spacial score (nSPS) is 10.2. The number of amides is 1. The van der Waals surface area contributed by atoms with Crippen LogP contribution in [0.2, 0.25) is 0 Å². The molecule has 0 aliphatic carbocycles. The lowest BCUT2D eigenvalue weighted by Gasteiger charge is -2.07. The quantitative estimate of drug-likeness (QED) is 0.864. The third kappa shape index (κ3) is 2.70. The van der Waals surface area contributed by atoms with Gasteiger partial charge in [0.05, 0.1) is 0 Å². The lowest BCUT2D eigenvalue weighted by molar-refractivity contribution is 0.102. The molecule has 92 valence electrons. The average molecular weight is 313 g/mol. The molecular weight excluding hydrogens is 306 g/mol. The van der Waals surface area contributed by atoms with Gasteiger partial charge in [-0.3, -0.25) is 4.79 Å². The van der Waals surface area contributed by atoms with Gasteiger partial charge in [-0.1, -0.05) is 6.07 Å². The number of anilines is 1. The van der Waals surface area contributed by atoms with Crippen LogP contribution in [0.1, 0.15) is 10.4 Å². The van der Waals surface area contributed by atoms with Gasteiger partial charge in [0.1, 0.15) is 21.9 Å². The van der Waals surface area contributed by atoms with E-state index in [1.807, 2.05) is 0 Å². The SMILES string of the molecule is O=C(Nc1c(F)cccc1F)c1ccnc(Br)c1.